The van der Waals surface area contributed by atoms with Crippen LogP contribution in [-0.4, -0.2) is 6.29 Å². The zero-order chi connectivity index (χ0) is 20.0. The summed E-state index contributed by atoms with van der Waals surface area (Å²) in [5, 5.41) is 0. The van der Waals surface area contributed by atoms with Crippen molar-refractivity contribution in [3.05, 3.63) is 58.7 Å². The molecular weight excluding hydrogens is 349 g/mol. The molecule has 2 aromatic rings. The average Bonchev–Trinajstić information content (AvgIpc) is 2.58. The standard InChI is InChI=1S/C23H23F3O/c1-13-6-8-15-16-11-14(23(24,25)26)7-9-18(16)22(12-27)19(17(15)10-13)20(2,3)21(22,4)5/h6-12,19H,1-5H3/t19-,22-/m1/s1. The largest absolute Gasteiger partial charge is 0.416 e. The molecule has 2 aromatic carbocycles. The Morgan fingerprint density at radius 3 is 2.22 bits per heavy atom. The van der Waals surface area contributed by atoms with E-state index < -0.39 is 17.2 Å². The van der Waals surface area contributed by atoms with E-state index in [2.05, 4.69) is 27.7 Å². The number of hydrogen-bond acceptors (Lipinski definition) is 1. The van der Waals surface area contributed by atoms with E-state index in [-0.39, 0.29) is 16.7 Å². The molecule has 0 unspecified atom stereocenters. The lowest BCUT2D eigenvalue weighted by Crippen LogP contribution is -2.70. The topological polar surface area (TPSA) is 17.1 Å². The van der Waals surface area contributed by atoms with Gasteiger partial charge >= 0.3 is 6.18 Å². The minimum absolute atomic E-state index is 0.0587. The summed E-state index contributed by atoms with van der Waals surface area (Å²) in [6.07, 6.45) is -3.43. The van der Waals surface area contributed by atoms with Crippen LogP contribution < -0.4 is 0 Å². The second kappa shape index (κ2) is 5.03. The highest BCUT2D eigenvalue weighted by Gasteiger charge is 2.74. The third-order valence-electron chi connectivity index (χ3n) is 7.61. The first kappa shape index (κ1) is 18.3. The van der Waals surface area contributed by atoms with Crippen molar-refractivity contribution in [2.24, 2.45) is 10.8 Å². The van der Waals surface area contributed by atoms with Gasteiger partial charge in [0.1, 0.15) is 6.29 Å². The van der Waals surface area contributed by atoms with Crippen LogP contribution in [-0.2, 0) is 16.4 Å². The molecule has 2 aliphatic rings. The molecule has 1 nitrogen and oxygen atoms in total. The lowest BCUT2D eigenvalue weighted by Gasteiger charge is -2.72. The van der Waals surface area contributed by atoms with Crippen molar-refractivity contribution >= 4 is 6.29 Å². The number of benzene rings is 2. The lowest BCUT2D eigenvalue weighted by atomic mass is 9.29. The molecule has 4 rings (SSSR count). The third kappa shape index (κ3) is 1.94. The number of alkyl halides is 3. The zero-order valence-electron chi connectivity index (χ0n) is 16.2. The first-order chi connectivity index (χ1) is 12.4. The number of aldehydes is 1. The van der Waals surface area contributed by atoms with Gasteiger partial charge in [0.2, 0.25) is 0 Å². The first-order valence-electron chi connectivity index (χ1n) is 9.18. The molecule has 0 aromatic heterocycles. The van der Waals surface area contributed by atoms with Gasteiger partial charge in [-0.2, -0.15) is 13.2 Å². The van der Waals surface area contributed by atoms with Gasteiger partial charge < -0.3 is 4.79 Å². The molecule has 0 heterocycles. The fourth-order valence-corrected chi connectivity index (χ4v) is 5.62. The van der Waals surface area contributed by atoms with Crippen LogP contribution in [0.3, 0.4) is 0 Å². The Morgan fingerprint density at radius 2 is 1.63 bits per heavy atom. The van der Waals surface area contributed by atoms with Gasteiger partial charge in [-0.25, -0.2) is 0 Å². The molecule has 1 fully saturated rings. The molecule has 2 atom stereocenters. The third-order valence-corrected chi connectivity index (χ3v) is 7.61. The van der Waals surface area contributed by atoms with Gasteiger partial charge in [0, 0.05) is 5.92 Å². The minimum atomic E-state index is -4.42. The molecule has 142 valence electrons. The Balaban J connectivity index is 2.11. The number of halogens is 3. The van der Waals surface area contributed by atoms with Crippen molar-refractivity contribution < 1.29 is 18.0 Å². The number of hydrogen-bond donors (Lipinski definition) is 0. The predicted octanol–water partition coefficient (Wildman–Crippen LogP) is 6.28. The highest BCUT2D eigenvalue weighted by atomic mass is 19.4. The zero-order valence-corrected chi connectivity index (χ0v) is 16.2. The monoisotopic (exact) mass is 372 g/mol. The van der Waals surface area contributed by atoms with Crippen molar-refractivity contribution in [1.82, 2.24) is 0 Å². The molecule has 27 heavy (non-hydrogen) atoms. The van der Waals surface area contributed by atoms with Gasteiger partial charge in [0.05, 0.1) is 11.0 Å². The van der Waals surface area contributed by atoms with Crippen LogP contribution in [0.25, 0.3) is 11.1 Å². The van der Waals surface area contributed by atoms with Crippen LogP contribution in [0.4, 0.5) is 13.2 Å². The van der Waals surface area contributed by atoms with Crippen molar-refractivity contribution in [2.75, 3.05) is 0 Å². The smallest absolute Gasteiger partial charge is 0.302 e. The molecular formula is C23H23F3O. The minimum Gasteiger partial charge on any atom is -0.302 e. The molecule has 0 aliphatic heterocycles. The predicted molar refractivity (Wildman–Crippen MR) is 99.7 cm³/mol. The highest BCUT2D eigenvalue weighted by molar-refractivity contribution is 5.89. The number of carbonyl (C=O) groups excluding carboxylic acids is 1. The number of carbonyl (C=O) groups is 1. The van der Waals surface area contributed by atoms with Crippen molar-refractivity contribution in [1.29, 1.82) is 0 Å². The molecule has 4 heteroatoms. The molecule has 1 saturated carbocycles. The molecule has 2 aliphatic carbocycles. The van der Waals surface area contributed by atoms with Crippen molar-refractivity contribution in [3.8, 4) is 11.1 Å². The maximum atomic E-state index is 13.4. The first-order valence-corrected chi connectivity index (χ1v) is 9.18. The summed E-state index contributed by atoms with van der Waals surface area (Å²) in [5.41, 5.74) is 2.04. The van der Waals surface area contributed by atoms with Crippen LogP contribution in [0.5, 0.6) is 0 Å². The van der Waals surface area contributed by atoms with E-state index in [9.17, 15) is 18.0 Å². The Kier molecular flexibility index (Phi) is 3.41. The van der Waals surface area contributed by atoms with Gasteiger partial charge in [-0.05, 0) is 52.1 Å². The van der Waals surface area contributed by atoms with Crippen LogP contribution in [0.1, 0.15) is 55.9 Å². The number of rotatable bonds is 1. The summed E-state index contributed by atoms with van der Waals surface area (Å²) >= 11 is 0. The summed E-state index contributed by atoms with van der Waals surface area (Å²) in [4.78, 5) is 12.6. The summed E-state index contributed by atoms with van der Waals surface area (Å²) in [6.45, 7) is 10.4. The average molecular weight is 372 g/mol. The second-order valence-electron chi connectivity index (χ2n) is 9.12. The fraction of sp³-hybridized carbons (Fsp3) is 0.435. The summed E-state index contributed by atoms with van der Waals surface area (Å²) < 4.78 is 40.1. The highest BCUT2D eigenvalue weighted by Crippen LogP contribution is 2.77. The Labute approximate surface area is 157 Å². The van der Waals surface area contributed by atoms with Gasteiger partial charge in [-0.1, -0.05) is 57.5 Å². The second-order valence-corrected chi connectivity index (χ2v) is 9.12. The maximum Gasteiger partial charge on any atom is 0.416 e. The number of fused-ring (bicyclic) bond motifs is 6. The maximum absolute atomic E-state index is 13.4. The molecule has 0 saturated heterocycles. The Bertz CT molecular complexity index is 968. The van der Waals surface area contributed by atoms with Crippen LogP contribution >= 0.6 is 0 Å². The van der Waals surface area contributed by atoms with Crippen molar-refractivity contribution in [3.63, 3.8) is 0 Å². The molecule has 0 amide bonds. The van der Waals surface area contributed by atoms with Gasteiger partial charge in [-0.3, -0.25) is 0 Å². The van der Waals surface area contributed by atoms with Crippen LogP contribution in [0.2, 0.25) is 0 Å². The van der Waals surface area contributed by atoms with E-state index in [1.807, 2.05) is 25.1 Å². The van der Waals surface area contributed by atoms with Gasteiger partial charge in [-0.15, -0.1) is 0 Å². The Morgan fingerprint density at radius 1 is 0.963 bits per heavy atom. The quantitative estimate of drug-likeness (QED) is 0.538. The van der Waals surface area contributed by atoms with E-state index >= 15 is 0 Å². The van der Waals surface area contributed by atoms with E-state index in [0.717, 1.165) is 34.6 Å². The normalized spacial score (nSPS) is 27.0. The molecule has 0 radical (unpaired) electrons. The van der Waals surface area contributed by atoms with Crippen LogP contribution in [0, 0.1) is 17.8 Å². The molecule has 0 spiro atoms. The number of aryl methyl sites for hydroxylation is 1. The van der Waals surface area contributed by atoms with Crippen molar-refractivity contribution in [2.45, 2.75) is 52.1 Å². The van der Waals surface area contributed by atoms with E-state index in [1.54, 1.807) is 0 Å². The van der Waals surface area contributed by atoms with E-state index in [4.69, 9.17) is 0 Å². The van der Waals surface area contributed by atoms with Gasteiger partial charge in [0.25, 0.3) is 0 Å². The van der Waals surface area contributed by atoms with E-state index in [0.29, 0.717) is 5.56 Å². The Hall–Kier alpha value is -2.10. The molecule has 0 N–H and O–H groups in total. The lowest BCUT2D eigenvalue weighted by molar-refractivity contribution is -0.163. The molecule has 0 bridgehead atoms. The SMILES string of the molecule is Cc1ccc2c(c1)[C@@H]1C(C)(C)C(C)(C)[C@]1(C=O)c1ccc(C(F)(F)F)cc1-2. The summed E-state index contributed by atoms with van der Waals surface area (Å²) in [5.74, 6) is -0.0587. The van der Waals surface area contributed by atoms with Gasteiger partial charge in [0.15, 0.2) is 0 Å². The van der Waals surface area contributed by atoms with E-state index in [1.165, 1.54) is 12.1 Å². The summed E-state index contributed by atoms with van der Waals surface area (Å²) in [7, 11) is 0. The summed E-state index contributed by atoms with van der Waals surface area (Å²) in [6, 6.07) is 9.72. The van der Waals surface area contributed by atoms with Crippen LogP contribution in [0.15, 0.2) is 36.4 Å². The fourth-order valence-electron chi connectivity index (χ4n) is 5.62.